The van der Waals surface area contributed by atoms with Gasteiger partial charge in [-0.1, -0.05) is 44.2 Å². The van der Waals surface area contributed by atoms with E-state index >= 15 is 0 Å². The van der Waals surface area contributed by atoms with Gasteiger partial charge in [-0.15, -0.1) is 0 Å². The van der Waals surface area contributed by atoms with Gasteiger partial charge in [0.05, 0.1) is 0 Å². The molecule has 17 heavy (non-hydrogen) atoms. The third kappa shape index (κ3) is 3.06. The van der Waals surface area contributed by atoms with Crippen molar-refractivity contribution in [2.75, 3.05) is 0 Å². The van der Waals surface area contributed by atoms with E-state index in [1.54, 1.807) is 30.3 Å². The van der Waals surface area contributed by atoms with Crippen molar-refractivity contribution in [3.05, 3.63) is 35.9 Å². The van der Waals surface area contributed by atoms with Gasteiger partial charge in [0.2, 0.25) is 0 Å². The van der Waals surface area contributed by atoms with Gasteiger partial charge < -0.3 is 19.8 Å². The van der Waals surface area contributed by atoms with E-state index < -0.39 is 23.3 Å². The molecule has 0 bridgehead atoms. The molecule has 1 aromatic rings. The topological polar surface area (TPSA) is 80.3 Å². The summed E-state index contributed by atoms with van der Waals surface area (Å²) < 4.78 is 0. The lowest BCUT2D eigenvalue weighted by molar-refractivity contribution is -0.320. The first-order valence-electron chi connectivity index (χ1n) is 5.32. The minimum Gasteiger partial charge on any atom is -0.550 e. The van der Waals surface area contributed by atoms with Gasteiger partial charge in [0.15, 0.2) is 0 Å². The van der Waals surface area contributed by atoms with Crippen LogP contribution in [0.4, 0.5) is 0 Å². The fourth-order valence-electron chi connectivity index (χ4n) is 1.78. The number of benzene rings is 1. The Balaban J connectivity index is 3.13. The van der Waals surface area contributed by atoms with Crippen molar-refractivity contribution in [3.63, 3.8) is 0 Å². The SMILES string of the molecule is CC(C)(C(=O)[O-])[C@@H](CC(=O)[O-])c1ccccc1. The van der Waals surface area contributed by atoms with E-state index in [-0.39, 0.29) is 6.42 Å². The van der Waals surface area contributed by atoms with Crippen LogP contribution in [0.15, 0.2) is 30.3 Å². The third-order valence-electron chi connectivity index (χ3n) is 2.97. The van der Waals surface area contributed by atoms with E-state index in [9.17, 15) is 19.8 Å². The van der Waals surface area contributed by atoms with Crippen LogP contribution in [-0.4, -0.2) is 11.9 Å². The van der Waals surface area contributed by atoms with Gasteiger partial charge in [0.1, 0.15) is 0 Å². The zero-order chi connectivity index (χ0) is 13.1. The molecular formula is C13H14O4-2. The number of aliphatic carboxylic acids is 2. The number of carboxylic acid groups (broad SMARTS) is 2. The predicted molar refractivity (Wildman–Crippen MR) is 57.6 cm³/mol. The summed E-state index contributed by atoms with van der Waals surface area (Å²) in [5.74, 6) is -3.21. The average Bonchev–Trinajstić information content (AvgIpc) is 2.26. The Kier molecular flexibility index (Phi) is 3.89. The number of hydrogen-bond donors (Lipinski definition) is 0. The molecule has 0 saturated heterocycles. The molecule has 0 aliphatic carbocycles. The van der Waals surface area contributed by atoms with Crippen molar-refractivity contribution in [2.45, 2.75) is 26.2 Å². The zero-order valence-electron chi connectivity index (χ0n) is 9.80. The second-order valence-electron chi connectivity index (χ2n) is 4.55. The van der Waals surface area contributed by atoms with Gasteiger partial charge in [0.25, 0.3) is 0 Å². The summed E-state index contributed by atoms with van der Waals surface area (Å²) in [6, 6.07) is 8.67. The number of hydrogen-bond acceptors (Lipinski definition) is 4. The van der Waals surface area contributed by atoms with Crippen LogP contribution in [0.25, 0.3) is 0 Å². The number of carboxylic acids is 2. The van der Waals surface area contributed by atoms with Crippen molar-refractivity contribution in [1.82, 2.24) is 0 Å². The molecule has 1 rings (SSSR count). The molecule has 0 saturated carbocycles. The highest BCUT2D eigenvalue weighted by Gasteiger charge is 2.32. The van der Waals surface area contributed by atoms with Crippen LogP contribution < -0.4 is 10.2 Å². The Morgan fingerprint density at radius 1 is 1.18 bits per heavy atom. The maximum Gasteiger partial charge on any atom is 0.0476 e. The minimum atomic E-state index is -1.27. The maximum atomic E-state index is 11.1. The van der Waals surface area contributed by atoms with Crippen LogP contribution in [0.2, 0.25) is 0 Å². The lowest BCUT2D eigenvalue weighted by Crippen LogP contribution is -2.43. The van der Waals surface area contributed by atoms with Gasteiger partial charge in [-0.05, 0) is 17.9 Å². The highest BCUT2D eigenvalue weighted by Crippen LogP contribution is 2.37. The quantitative estimate of drug-likeness (QED) is 0.699. The first-order chi connectivity index (χ1) is 7.85. The first-order valence-corrected chi connectivity index (χ1v) is 5.32. The van der Waals surface area contributed by atoms with Crippen molar-refractivity contribution >= 4 is 11.9 Å². The molecule has 4 heteroatoms. The summed E-state index contributed by atoms with van der Waals surface area (Å²) in [5.41, 5.74) is -0.604. The fraction of sp³-hybridized carbons (Fsp3) is 0.385. The summed E-state index contributed by atoms with van der Waals surface area (Å²) >= 11 is 0. The summed E-state index contributed by atoms with van der Waals surface area (Å²) in [5, 5.41) is 21.8. The highest BCUT2D eigenvalue weighted by atomic mass is 16.4. The van der Waals surface area contributed by atoms with Crippen LogP contribution in [0.5, 0.6) is 0 Å². The highest BCUT2D eigenvalue weighted by molar-refractivity contribution is 5.75. The molecule has 0 spiro atoms. The number of rotatable bonds is 5. The molecule has 0 aromatic heterocycles. The van der Waals surface area contributed by atoms with Crippen molar-refractivity contribution in [1.29, 1.82) is 0 Å². The molecule has 0 fully saturated rings. The van der Waals surface area contributed by atoms with Crippen molar-refractivity contribution < 1.29 is 19.8 Å². The van der Waals surface area contributed by atoms with Gasteiger partial charge in [-0.25, -0.2) is 0 Å². The summed E-state index contributed by atoms with van der Waals surface area (Å²) in [4.78, 5) is 21.8. The molecule has 0 N–H and O–H groups in total. The smallest absolute Gasteiger partial charge is 0.0476 e. The fourth-order valence-corrected chi connectivity index (χ4v) is 1.78. The number of carbonyl (C=O) groups is 2. The van der Waals surface area contributed by atoms with Crippen molar-refractivity contribution in [3.8, 4) is 0 Å². The first kappa shape index (κ1) is 13.2. The van der Waals surface area contributed by atoms with Gasteiger partial charge >= 0.3 is 0 Å². The van der Waals surface area contributed by atoms with Gasteiger partial charge in [0, 0.05) is 17.4 Å². The van der Waals surface area contributed by atoms with E-state index in [4.69, 9.17) is 0 Å². The molecule has 4 nitrogen and oxygen atoms in total. The Morgan fingerprint density at radius 3 is 2.12 bits per heavy atom. The third-order valence-corrected chi connectivity index (χ3v) is 2.97. The van der Waals surface area contributed by atoms with E-state index in [1.807, 2.05) is 0 Å². The second kappa shape index (κ2) is 4.99. The summed E-state index contributed by atoms with van der Waals surface area (Å²) in [7, 11) is 0. The Bertz CT molecular complexity index is 409. The number of carbonyl (C=O) groups excluding carboxylic acids is 2. The monoisotopic (exact) mass is 234 g/mol. The van der Waals surface area contributed by atoms with E-state index in [0.29, 0.717) is 5.56 Å². The lowest BCUT2D eigenvalue weighted by Gasteiger charge is -2.36. The molecule has 0 aliphatic rings. The van der Waals surface area contributed by atoms with Crippen LogP contribution in [0, 0.1) is 5.41 Å². The van der Waals surface area contributed by atoms with Crippen molar-refractivity contribution in [2.24, 2.45) is 5.41 Å². The molecule has 1 aromatic carbocycles. The Labute approximate surface area is 99.9 Å². The molecule has 1 atom stereocenters. The molecule has 0 unspecified atom stereocenters. The normalized spacial score (nSPS) is 13.1. The molecule has 0 aliphatic heterocycles. The van der Waals surface area contributed by atoms with Crippen LogP contribution in [0.3, 0.4) is 0 Å². The Hall–Kier alpha value is -1.84. The molecule has 0 heterocycles. The van der Waals surface area contributed by atoms with Gasteiger partial charge in [-0.3, -0.25) is 0 Å². The second-order valence-corrected chi connectivity index (χ2v) is 4.55. The van der Waals surface area contributed by atoms with Crippen LogP contribution in [0.1, 0.15) is 31.7 Å². The van der Waals surface area contributed by atoms with Crippen LogP contribution >= 0.6 is 0 Å². The van der Waals surface area contributed by atoms with E-state index in [0.717, 1.165) is 0 Å². The van der Waals surface area contributed by atoms with Crippen LogP contribution in [-0.2, 0) is 9.59 Å². The average molecular weight is 234 g/mol. The Morgan fingerprint density at radius 2 is 1.71 bits per heavy atom. The minimum absolute atomic E-state index is 0.342. The zero-order valence-corrected chi connectivity index (χ0v) is 9.80. The van der Waals surface area contributed by atoms with E-state index in [2.05, 4.69) is 0 Å². The van der Waals surface area contributed by atoms with E-state index in [1.165, 1.54) is 13.8 Å². The van der Waals surface area contributed by atoms with Gasteiger partial charge in [-0.2, -0.15) is 0 Å². The molecule has 0 radical (unpaired) electrons. The molecule has 0 amide bonds. The largest absolute Gasteiger partial charge is 0.550 e. The summed E-state index contributed by atoms with van der Waals surface area (Å²) in [6.45, 7) is 2.92. The predicted octanol–water partition coefficient (Wildman–Crippen LogP) is -0.314. The lowest BCUT2D eigenvalue weighted by atomic mass is 9.73. The standard InChI is InChI=1S/C13H16O4/c1-13(2,12(16)17)10(8-11(14)15)9-6-4-3-5-7-9/h3-7,10H,8H2,1-2H3,(H,14,15)(H,16,17)/p-2/t10-/m0/s1. The molecule has 92 valence electrons. The molecular weight excluding hydrogens is 220 g/mol. The summed E-state index contributed by atoms with van der Waals surface area (Å²) in [6.07, 6.45) is -0.342. The maximum absolute atomic E-state index is 11.1.